The third-order valence-corrected chi connectivity index (χ3v) is 3.34. The van der Waals surface area contributed by atoms with Crippen molar-refractivity contribution in [1.29, 1.82) is 0 Å². The van der Waals surface area contributed by atoms with Gasteiger partial charge in [-0.1, -0.05) is 24.9 Å². The molecule has 1 atom stereocenters. The van der Waals surface area contributed by atoms with Crippen LogP contribution in [0.15, 0.2) is 9.52 Å². The zero-order valence-corrected chi connectivity index (χ0v) is 19.4. The van der Waals surface area contributed by atoms with Crippen molar-refractivity contribution in [1.82, 2.24) is 26.1 Å². The van der Waals surface area contributed by atoms with Gasteiger partial charge in [0.2, 0.25) is 5.89 Å². The van der Waals surface area contributed by atoms with E-state index in [1.54, 1.807) is 14.0 Å². The topological polar surface area (TPSA) is 114 Å². The Morgan fingerprint density at radius 2 is 2.04 bits per heavy atom. The fraction of sp³-hybridized carbons (Fsp3) is 0.765. The van der Waals surface area contributed by atoms with Crippen molar-refractivity contribution in [2.24, 2.45) is 4.99 Å². The van der Waals surface area contributed by atoms with Crippen LogP contribution in [-0.4, -0.2) is 47.4 Å². The summed E-state index contributed by atoms with van der Waals surface area (Å²) in [5, 5.41) is 13.0. The van der Waals surface area contributed by atoms with E-state index in [1.165, 1.54) is 0 Å². The second-order valence-electron chi connectivity index (χ2n) is 7.03. The molecule has 1 aromatic heterocycles. The van der Waals surface area contributed by atoms with Crippen molar-refractivity contribution in [2.75, 3.05) is 13.6 Å². The maximum atomic E-state index is 11.9. The second kappa shape index (κ2) is 12.7. The van der Waals surface area contributed by atoms with Gasteiger partial charge in [-0.25, -0.2) is 4.79 Å². The molecule has 156 valence electrons. The summed E-state index contributed by atoms with van der Waals surface area (Å²) >= 11 is 0. The fourth-order valence-corrected chi connectivity index (χ4v) is 2.16. The third kappa shape index (κ3) is 11.7. The van der Waals surface area contributed by atoms with Crippen LogP contribution < -0.4 is 16.0 Å². The number of nitrogens with zero attached hydrogens (tertiary/aromatic N) is 3. The van der Waals surface area contributed by atoms with Crippen molar-refractivity contribution in [3.8, 4) is 0 Å². The Balaban J connectivity index is 0.00000676. The number of halogens is 1. The number of aromatic nitrogens is 2. The number of hydrogen-bond acceptors (Lipinski definition) is 6. The van der Waals surface area contributed by atoms with Gasteiger partial charge in [0.15, 0.2) is 11.8 Å². The first-order valence-corrected chi connectivity index (χ1v) is 8.96. The summed E-state index contributed by atoms with van der Waals surface area (Å²) in [6.07, 6.45) is 2.57. The molecule has 0 bridgehead atoms. The predicted molar refractivity (Wildman–Crippen MR) is 115 cm³/mol. The smallest absolute Gasteiger partial charge is 0.407 e. The van der Waals surface area contributed by atoms with E-state index in [2.05, 4.69) is 38.0 Å². The monoisotopic (exact) mass is 496 g/mol. The fourth-order valence-electron chi connectivity index (χ4n) is 2.16. The van der Waals surface area contributed by atoms with Crippen LogP contribution in [0.3, 0.4) is 0 Å². The normalized spacial score (nSPS) is 12.7. The van der Waals surface area contributed by atoms with Crippen LogP contribution in [0, 0.1) is 6.92 Å². The summed E-state index contributed by atoms with van der Waals surface area (Å²) in [7, 11) is 1.69. The lowest BCUT2D eigenvalue weighted by Crippen LogP contribution is -2.48. The average Bonchev–Trinajstić information content (AvgIpc) is 2.97. The molecule has 0 aromatic carbocycles. The lowest BCUT2D eigenvalue weighted by molar-refractivity contribution is 0.0523. The van der Waals surface area contributed by atoms with Crippen LogP contribution in [0.2, 0.25) is 0 Å². The lowest BCUT2D eigenvalue weighted by atomic mass is 10.1. The number of aryl methyl sites for hydroxylation is 1. The van der Waals surface area contributed by atoms with Crippen molar-refractivity contribution in [2.45, 2.75) is 72.1 Å². The van der Waals surface area contributed by atoms with Crippen molar-refractivity contribution in [3.05, 3.63) is 11.7 Å². The highest BCUT2D eigenvalue weighted by atomic mass is 127. The average molecular weight is 496 g/mol. The number of rotatable bonds is 8. The van der Waals surface area contributed by atoms with Crippen LogP contribution in [0.25, 0.3) is 0 Å². The Hall–Kier alpha value is -1.59. The molecule has 0 aliphatic carbocycles. The van der Waals surface area contributed by atoms with Gasteiger partial charge in [0.05, 0.1) is 6.54 Å². The van der Waals surface area contributed by atoms with E-state index in [1.807, 2.05) is 20.8 Å². The van der Waals surface area contributed by atoms with Crippen molar-refractivity contribution in [3.63, 3.8) is 0 Å². The summed E-state index contributed by atoms with van der Waals surface area (Å²) in [5.41, 5.74) is -0.518. The molecule has 1 aromatic rings. The number of hydrogen-bond donors (Lipinski definition) is 3. The Labute approximate surface area is 178 Å². The second-order valence-corrected chi connectivity index (χ2v) is 7.03. The largest absolute Gasteiger partial charge is 0.444 e. The third-order valence-electron chi connectivity index (χ3n) is 3.34. The first-order valence-electron chi connectivity index (χ1n) is 8.96. The van der Waals surface area contributed by atoms with Crippen molar-refractivity contribution < 1.29 is 14.1 Å². The first-order chi connectivity index (χ1) is 12.2. The van der Waals surface area contributed by atoms with Crippen LogP contribution in [0.5, 0.6) is 0 Å². The maximum absolute atomic E-state index is 11.9. The molecular weight excluding hydrogens is 463 g/mol. The van der Waals surface area contributed by atoms with E-state index in [4.69, 9.17) is 9.26 Å². The molecule has 0 aliphatic rings. The quantitative estimate of drug-likeness (QED) is 0.288. The molecule has 0 radical (unpaired) electrons. The van der Waals surface area contributed by atoms with Gasteiger partial charge in [-0.05, 0) is 34.1 Å². The number of nitrogens with one attached hydrogen (secondary N) is 3. The number of amides is 1. The summed E-state index contributed by atoms with van der Waals surface area (Å²) in [4.78, 5) is 20.2. The van der Waals surface area contributed by atoms with Crippen LogP contribution in [-0.2, 0) is 11.3 Å². The van der Waals surface area contributed by atoms with Gasteiger partial charge in [0.1, 0.15) is 5.60 Å². The summed E-state index contributed by atoms with van der Waals surface area (Å²) in [6.45, 7) is 10.2. The zero-order valence-electron chi connectivity index (χ0n) is 17.1. The van der Waals surface area contributed by atoms with Gasteiger partial charge < -0.3 is 25.2 Å². The van der Waals surface area contributed by atoms with E-state index in [0.717, 1.165) is 19.3 Å². The number of ether oxygens (including phenoxy) is 1. The number of guanidine groups is 1. The van der Waals surface area contributed by atoms with E-state index >= 15 is 0 Å². The van der Waals surface area contributed by atoms with Crippen LogP contribution in [0.4, 0.5) is 4.79 Å². The maximum Gasteiger partial charge on any atom is 0.407 e. The summed E-state index contributed by atoms with van der Waals surface area (Å²) in [5.74, 6) is 1.68. The number of unbranched alkanes of at least 4 members (excludes halogenated alkanes) is 1. The van der Waals surface area contributed by atoms with E-state index in [0.29, 0.717) is 30.8 Å². The van der Waals surface area contributed by atoms with E-state index in [9.17, 15) is 4.79 Å². The van der Waals surface area contributed by atoms with Crippen LogP contribution >= 0.6 is 24.0 Å². The highest BCUT2D eigenvalue weighted by molar-refractivity contribution is 14.0. The molecule has 0 saturated carbocycles. The molecule has 10 heteroatoms. The molecule has 1 heterocycles. The SMILES string of the molecule is CCCCC(CNC(=O)OC(C)(C)C)NC(=NC)NCc1nc(C)no1.I. The first kappa shape index (κ1) is 25.4. The van der Waals surface area contributed by atoms with E-state index < -0.39 is 11.7 Å². The van der Waals surface area contributed by atoms with Gasteiger partial charge in [0, 0.05) is 19.6 Å². The minimum atomic E-state index is -0.518. The van der Waals surface area contributed by atoms with Crippen molar-refractivity contribution >= 4 is 36.0 Å². The molecule has 0 aliphatic heterocycles. The number of aliphatic imine (C=N–C) groups is 1. The summed E-state index contributed by atoms with van der Waals surface area (Å²) in [6, 6.07) is 0.0260. The number of carbonyl (C=O) groups is 1. The predicted octanol–water partition coefficient (Wildman–Crippen LogP) is 2.74. The van der Waals surface area contributed by atoms with Gasteiger partial charge in [-0.3, -0.25) is 4.99 Å². The highest BCUT2D eigenvalue weighted by Gasteiger charge is 2.18. The Morgan fingerprint density at radius 3 is 2.56 bits per heavy atom. The number of carbonyl (C=O) groups excluding carboxylic acids is 1. The molecule has 0 spiro atoms. The molecule has 9 nitrogen and oxygen atoms in total. The molecule has 1 rings (SSSR count). The lowest BCUT2D eigenvalue weighted by Gasteiger charge is -2.24. The van der Waals surface area contributed by atoms with E-state index in [-0.39, 0.29) is 30.0 Å². The molecule has 1 unspecified atom stereocenters. The molecule has 0 saturated heterocycles. The molecule has 3 N–H and O–H groups in total. The van der Waals surface area contributed by atoms with Gasteiger partial charge in [-0.15, -0.1) is 24.0 Å². The number of alkyl carbamates (subject to hydrolysis) is 1. The Bertz CT molecular complexity index is 585. The van der Waals surface area contributed by atoms with Crippen LogP contribution in [0.1, 0.15) is 58.7 Å². The minimum Gasteiger partial charge on any atom is -0.444 e. The zero-order chi connectivity index (χ0) is 19.6. The molecule has 27 heavy (non-hydrogen) atoms. The summed E-state index contributed by atoms with van der Waals surface area (Å²) < 4.78 is 10.4. The molecule has 0 fully saturated rings. The molecular formula is C17H33IN6O3. The standard InChI is InChI=1S/C17H32N6O3.HI/c1-7-8-9-13(10-20-16(24)25-17(3,4)5)22-15(18-6)19-11-14-21-12(2)23-26-14;/h13H,7-11H2,1-6H3,(H,20,24)(H2,18,19,22);1H. The highest BCUT2D eigenvalue weighted by Crippen LogP contribution is 2.07. The Kier molecular flexibility index (Phi) is 12.0. The minimum absolute atomic E-state index is 0. The Morgan fingerprint density at radius 1 is 1.33 bits per heavy atom. The van der Waals surface area contributed by atoms with Gasteiger partial charge in [-0.2, -0.15) is 4.98 Å². The van der Waals surface area contributed by atoms with Gasteiger partial charge in [0.25, 0.3) is 0 Å². The van der Waals surface area contributed by atoms with Gasteiger partial charge >= 0.3 is 6.09 Å². The molecule has 1 amide bonds.